The zero-order chi connectivity index (χ0) is 8.67. The van der Waals surface area contributed by atoms with Gasteiger partial charge in [-0.15, -0.1) is 10.2 Å². The van der Waals surface area contributed by atoms with E-state index in [4.69, 9.17) is 0 Å². The second-order valence-corrected chi connectivity index (χ2v) is 2.84. The molecule has 0 spiro atoms. The van der Waals surface area contributed by atoms with Crippen molar-refractivity contribution in [2.45, 2.75) is 6.54 Å². The average molecular weight is 173 g/mol. The molecule has 0 saturated carbocycles. The summed E-state index contributed by atoms with van der Waals surface area (Å²) in [6.45, 7) is 0.685. The number of hydrogen-bond acceptors (Lipinski definition) is 4. The van der Waals surface area contributed by atoms with Gasteiger partial charge in [0.1, 0.15) is 6.33 Å². The zero-order valence-electron chi connectivity index (χ0n) is 6.81. The number of aromatic nitrogens is 4. The van der Waals surface area contributed by atoms with E-state index >= 15 is 0 Å². The van der Waals surface area contributed by atoms with Gasteiger partial charge in [0.05, 0.1) is 12.2 Å². The lowest BCUT2D eigenvalue weighted by Crippen LogP contribution is -2.15. The molecule has 0 saturated heterocycles. The quantitative estimate of drug-likeness (QED) is 0.633. The first kappa shape index (κ1) is 6.59. The van der Waals surface area contributed by atoms with Crippen molar-refractivity contribution in [1.82, 2.24) is 19.7 Å². The number of rotatable bonds is 0. The van der Waals surface area contributed by atoms with Crippen molar-refractivity contribution in [3.05, 3.63) is 30.5 Å². The molecule has 0 atom stereocenters. The summed E-state index contributed by atoms with van der Waals surface area (Å²) < 4.78 is 1.94. The first-order valence-electron chi connectivity index (χ1n) is 4.03. The molecule has 1 aliphatic rings. The highest BCUT2D eigenvalue weighted by Gasteiger charge is 2.15. The predicted molar refractivity (Wildman–Crippen MR) is 46.5 cm³/mol. The van der Waals surface area contributed by atoms with E-state index in [0.717, 1.165) is 17.3 Å². The van der Waals surface area contributed by atoms with Crippen molar-refractivity contribution in [2.24, 2.45) is 0 Å². The fourth-order valence-corrected chi connectivity index (χ4v) is 1.47. The second kappa shape index (κ2) is 2.29. The molecule has 0 radical (unpaired) electrons. The van der Waals surface area contributed by atoms with E-state index < -0.39 is 0 Å². The van der Waals surface area contributed by atoms with Gasteiger partial charge in [-0.3, -0.25) is 4.57 Å². The lowest BCUT2D eigenvalue weighted by Gasteiger charge is -2.17. The maximum atomic E-state index is 4.21. The Balaban J connectivity index is 2.30. The molecule has 64 valence electrons. The van der Waals surface area contributed by atoms with Crippen molar-refractivity contribution in [3.63, 3.8) is 0 Å². The minimum atomic E-state index is 0.685. The summed E-state index contributed by atoms with van der Waals surface area (Å²) in [4.78, 5) is 4.21. The number of anilines is 1. The van der Waals surface area contributed by atoms with E-state index in [-0.39, 0.29) is 0 Å². The monoisotopic (exact) mass is 173 g/mol. The molecule has 5 nitrogen and oxygen atoms in total. The highest BCUT2D eigenvalue weighted by Crippen LogP contribution is 2.22. The Morgan fingerprint density at radius 3 is 3.46 bits per heavy atom. The largest absolute Gasteiger partial charge is 0.361 e. The Morgan fingerprint density at radius 1 is 1.46 bits per heavy atom. The third-order valence-corrected chi connectivity index (χ3v) is 2.08. The Kier molecular flexibility index (Phi) is 1.16. The summed E-state index contributed by atoms with van der Waals surface area (Å²) in [6, 6.07) is 3.89. The summed E-state index contributed by atoms with van der Waals surface area (Å²) in [5, 5.41) is 11.0. The van der Waals surface area contributed by atoms with Crippen LogP contribution in [0.2, 0.25) is 0 Å². The van der Waals surface area contributed by atoms with Crippen LogP contribution in [0.15, 0.2) is 24.7 Å². The molecule has 0 aromatic carbocycles. The van der Waals surface area contributed by atoms with Crippen LogP contribution in [0.3, 0.4) is 0 Å². The standard InChI is InChI=1S/C8H7N5/c1-2-6-8(9-3-1)10-4-7-12-11-5-13(6)7/h1-3,5H,4H2,(H,9,10). The highest BCUT2D eigenvalue weighted by molar-refractivity contribution is 5.57. The van der Waals surface area contributed by atoms with Gasteiger partial charge in [-0.25, -0.2) is 4.98 Å². The lowest BCUT2D eigenvalue weighted by atomic mass is 10.3. The smallest absolute Gasteiger partial charge is 0.156 e. The van der Waals surface area contributed by atoms with Crippen LogP contribution >= 0.6 is 0 Å². The molecule has 3 heterocycles. The molecule has 0 fully saturated rings. The molecule has 0 bridgehead atoms. The predicted octanol–water partition coefficient (Wildman–Crippen LogP) is 0.588. The molecule has 5 heteroatoms. The topological polar surface area (TPSA) is 55.6 Å². The second-order valence-electron chi connectivity index (χ2n) is 2.84. The van der Waals surface area contributed by atoms with Crippen LogP contribution in [0, 0.1) is 0 Å². The molecule has 1 aliphatic heterocycles. The Hall–Kier alpha value is -1.91. The summed E-state index contributed by atoms with van der Waals surface area (Å²) in [5.41, 5.74) is 1.01. The van der Waals surface area contributed by atoms with E-state index in [0.29, 0.717) is 6.54 Å². The Morgan fingerprint density at radius 2 is 2.46 bits per heavy atom. The molecule has 0 unspecified atom stereocenters. The normalized spacial score (nSPS) is 12.9. The van der Waals surface area contributed by atoms with E-state index in [9.17, 15) is 0 Å². The SMILES string of the molecule is c1cnc2c(c1)-n1cnnc1CN2. The third kappa shape index (κ3) is 0.837. The van der Waals surface area contributed by atoms with Gasteiger partial charge in [-0.1, -0.05) is 0 Å². The number of nitrogens with one attached hydrogen (secondary N) is 1. The van der Waals surface area contributed by atoms with E-state index in [2.05, 4.69) is 20.5 Å². The molecular formula is C8H7N5. The van der Waals surface area contributed by atoms with Gasteiger partial charge in [0.2, 0.25) is 0 Å². The van der Waals surface area contributed by atoms with Crippen LogP contribution in [-0.4, -0.2) is 19.7 Å². The average Bonchev–Trinajstić information content (AvgIpc) is 2.65. The van der Waals surface area contributed by atoms with Gasteiger partial charge in [0.25, 0.3) is 0 Å². The molecule has 2 aromatic rings. The van der Waals surface area contributed by atoms with Crippen LogP contribution < -0.4 is 5.32 Å². The third-order valence-electron chi connectivity index (χ3n) is 2.08. The molecular weight excluding hydrogens is 166 g/mol. The highest BCUT2D eigenvalue weighted by atomic mass is 15.3. The minimum Gasteiger partial charge on any atom is -0.361 e. The van der Waals surface area contributed by atoms with E-state index in [1.54, 1.807) is 12.5 Å². The minimum absolute atomic E-state index is 0.685. The van der Waals surface area contributed by atoms with Crippen LogP contribution in [0.4, 0.5) is 5.82 Å². The van der Waals surface area contributed by atoms with Gasteiger partial charge in [0.15, 0.2) is 11.6 Å². The van der Waals surface area contributed by atoms with Crippen LogP contribution in [0.1, 0.15) is 5.82 Å². The summed E-state index contributed by atoms with van der Waals surface area (Å²) in [5.74, 6) is 1.80. The molecule has 13 heavy (non-hydrogen) atoms. The summed E-state index contributed by atoms with van der Waals surface area (Å²) >= 11 is 0. The van der Waals surface area contributed by atoms with Crippen molar-refractivity contribution < 1.29 is 0 Å². The van der Waals surface area contributed by atoms with E-state index in [1.165, 1.54) is 0 Å². The molecule has 3 rings (SSSR count). The Labute approximate surface area is 74.4 Å². The van der Waals surface area contributed by atoms with Gasteiger partial charge >= 0.3 is 0 Å². The number of fused-ring (bicyclic) bond motifs is 3. The molecule has 0 aliphatic carbocycles. The van der Waals surface area contributed by atoms with Gasteiger partial charge in [-0.05, 0) is 12.1 Å². The van der Waals surface area contributed by atoms with Crippen molar-refractivity contribution >= 4 is 5.82 Å². The first-order valence-corrected chi connectivity index (χ1v) is 4.03. The summed E-state index contributed by atoms with van der Waals surface area (Å²) in [7, 11) is 0. The van der Waals surface area contributed by atoms with Crippen molar-refractivity contribution in [3.8, 4) is 5.69 Å². The maximum absolute atomic E-state index is 4.21. The number of hydrogen-bond donors (Lipinski definition) is 1. The van der Waals surface area contributed by atoms with Crippen LogP contribution in [0.25, 0.3) is 5.69 Å². The fraction of sp³-hybridized carbons (Fsp3) is 0.125. The fourth-order valence-electron chi connectivity index (χ4n) is 1.47. The van der Waals surface area contributed by atoms with Crippen LogP contribution in [-0.2, 0) is 6.54 Å². The molecule has 0 amide bonds. The van der Waals surface area contributed by atoms with Crippen LogP contribution in [0.5, 0.6) is 0 Å². The Bertz CT molecular complexity index is 447. The van der Waals surface area contributed by atoms with Gasteiger partial charge in [-0.2, -0.15) is 0 Å². The number of pyridine rings is 1. The van der Waals surface area contributed by atoms with Crippen molar-refractivity contribution in [2.75, 3.05) is 5.32 Å². The summed E-state index contributed by atoms with van der Waals surface area (Å²) in [6.07, 6.45) is 3.47. The van der Waals surface area contributed by atoms with Gasteiger partial charge in [0, 0.05) is 6.20 Å². The van der Waals surface area contributed by atoms with Gasteiger partial charge < -0.3 is 5.32 Å². The maximum Gasteiger partial charge on any atom is 0.156 e. The first-order chi connectivity index (χ1) is 6.45. The molecule has 2 aromatic heterocycles. The van der Waals surface area contributed by atoms with Crippen molar-refractivity contribution in [1.29, 1.82) is 0 Å². The lowest BCUT2D eigenvalue weighted by molar-refractivity contribution is 0.850. The van der Waals surface area contributed by atoms with E-state index in [1.807, 2.05) is 16.7 Å². The number of nitrogens with zero attached hydrogens (tertiary/aromatic N) is 4. The zero-order valence-corrected chi connectivity index (χ0v) is 6.81. The molecule has 1 N–H and O–H groups in total.